The van der Waals surface area contributed by atoms with Crippen LogP contribution in [0.25, 0.3) is 33.2 Å². The molecule has 2 aromatic heterocycles. The van der Waals surface area contributed by atoms with E-state index < -0.39 is 17.3 Å². The van der Waals surface area contributed by atoms with E-state index in [2.05, 4.69) is 16.0 Å². The summed E-state index contributed by atoms with van der Waals surface area (Å²) in [6, 6.07) is 19.0. The lowest BCUT2D eigenvalue weighted by Gasteiger charge is -2.12. The standard InChI is InChI=1S/C28H19F3N4O/c1-3-15-34-18(2)23(21-11-5-7-14-25(21)34)17-32-35-26(19-9-8-10-20(16-19)28(29,30)31)33-24-13-6-4-12-22(24)27(35)36/h1,4-14,16-17H,15H2,2H3. The van der Waals surface area contributed by atoms with Gasteiger partial charge in [-0.15, -0.1) is 6.42 Å². The van der Waals surface area contributed by atoms with Gasteiger partial charge in [-0.25, -0.2) is 4.98 Å². The largest absolute Gasteiger partial charge is 0.416 e. The van der Waals surface area contributed by atoms with Crippen LogP contribution in [0.2, 0.25) is 0 Å². The van der Waals surface area contributed by atoms with E-state index in [0.717, 1.165) is 39.0 Å². The molecule has 8 heteroatoms. The molecule has 0 aliphatic carbocycles. The van der Waals surface area contributed by atoms with Crippen molar-refractivity contribution in [2.45, 2.75) is 19.6 Å². The lowest BCUT2D eigenvalue weighted by molar-refractivity contribution is -0.137. The van der Waals surface area contributed by atoms with Gasteiger partial charge in [0.25, 0.3) is 5.56 Å². The number of halogens is 3. The molecule has 5 aromatic rings. The summed E-state index contributed by atoms with van der Waals surface area (Å²) in [5, 5.41) is 5.64. The van der Waals surface area contributed by atoms with Crippen molar-refractivity contribution < 1.29 is 13.2 Å². The lowest BCUT2D eigenvalue weighted by atomic mass is 10.1. The monoisotopic (exact) mass is 484 g/mol. The molecule has 0 spiro atoms. The molecule has 0 aliphatic rings. The minimum absolute atomic E-state index is 0.00562. The third-order valence-corrected chi connectivity index (χ3v) is 6.03. The lowest BCUT2D eigenvalue weighted by Crippen LogP contribution is -2.20. The molecule has 0 amide bonds. The first-order valence-electron chi connectivity index (χ1n) is 11.0. The van der Waals surface area contributed by atoms with E-state index in [4.69, 9.17) is 6.42 Å². The number of terminal acetylenes is 1. The van der Waals surface area contributed by atoms with Crippen molar-refractivity contribution in [1.29, 1.82) is 0 Å². The van der Waals surface area contributed by atoms with Gasteiger partial charge in [0.15, 0.2) is 5.82 Å². The topological polar surface area (TPSA) is 52.2 Å². The zero-order valence-electron chi connectivity index (χ0n) is 19.1. The average molecular weight is 484 g/mol. The number of rotatable bonds is 4. The molecule has 36 heavy (non-hydrogen) atoms. The Kier molecular flexibility index (Phi) is 5.69. The first-order chi connectivity index (χ1) is 17.3. The van der Waals surface area contributed by atoms with Gasteiger partial charge in [-0.05, 0) is 37.3 Å². The van der Waals surface area contributed by atoms with E-state index in [1.807, 2.05) is 35.8 Å². The molecular weight excluding hydrogens is 465 g/mol. The SMILES string of the molecule is C#CCn1c(C)c(C=Nn2c(-c3cccc(C(F)(F)F)c3)nc3ccccc3c2=O)c2ccccc21. The zero-order chi connectivity index (χ0) is 25.4. The van der Waals surface area contributed by atoms with Gasteiger partial charge in [-0.3, -0.25) is 4.79 Å². The van der Waals surface area contributed by atoms with Gasteiger partial charge in [-0.2, -0.15) is 22.9 Å². The Morgan fingerprint density at radius 2 is 1.75 bits per heavy atom. The summed E-state index contributed by atoms with van der Waals surface area (Å²) in [6.07, 6.45) is 2.54. The predicted molar refractivity (Wildman–Crippen MR) is 135 cm³/mol. The highest BCUT2D eigenvalue weighted by molar-refractivity contribution is 6.01. The molecule has 0 N–H and O–H groups in total. The van der Waals surface area contributed by atoms with E-state index in [1.54, 1.807) is 24.3 Å². The molecule has 5 rings (SSSR count). The Morgan fingerprint density at radius 1 is 1.03 bits per heavy atom. The average Bonchev–Trinajstić information content (AvgIpc) is 3.14. The number of hydrogen-bond donors (Lipinski definition) is 0. The van der Waals surface area contributed by atoms with Crippen molar-refractivity contribution in [2.75, 3.05) is 0 Å². The summed E-state index contributed by atoms with van der Waals surface area (Å²) in [7, 11) is 0. The molecule has 0 atom stereocenters. The molecule has 0 aliphatic heterocycles. The highest BCUT2D eigenvalue weighted by Crippen LogP contribution is 2.32. The first-order valence-corrected chi connectivity index (χ1v) is 11.0. The summed E-state index contributed by atoms with van der Waals surface area (Å²) >= 11 is 0. The molecular formula is C28H19F3N4O. The zero-order valence-corrected chi connectivity index (χ0v) is 19.1. The van der Waals surface area contributed by atoms with Crippen LogP contribution in [-0.2, 0) is 12.7 Å². The maximum atomic E-state index is 13.4. The Bertz CT molecular complexity index is 1750. The fraction of sp³-hybridized carbons (Fsp3) is 0.107. The fourth-order valence-electron chi connectivity index (χ4n) is 4.28. The molecule has 0 fully saturated rings. The normalized spacial score (nSPS) is 12.0. The molecule has 3 aromatic carbocycles. The minimum atomic E-state index is -4.54. The maximum Gasteiger partial charge on any atom is 0.416 e. The molecule has 0 saturated carbocycles. The number of benzene rings is 3. The quantitative estimate of drug-likeness (QED) is 0.237. The van der Waals surface area contributed by atoms with E-state index in [1.165, 1.54) is 18.3 Å². The molecule has 0 radical (unpaired) electrons. The molecule has 5 nitrogen and oxygen atoms in total. The smallest absolute Gasteiger partial charge is 0.333 e. The van der Waals surface area contributed by atoms with Gasteiger partial charge >= 0.3 is 6.18 Å². The number of hydrogen-bond acceptors (Lipinski definition) is 3. The van der Waals surface area contributed by atoms with Gasteiger partial charge in [-0.1, -0.05) is 48.4 Å². The maximum absolute atomic E-state index is 13.4. The number of aromatic nitrogens is 3. The summed E-state index contributed by atoms with van der Waals surface area (Å²) in [5.74, 6) is 2.65. The van der Waals surface area contributed by atoms with Crippen LogP contribution in [0.1, 0.15) is 16.8 Å². The second kappa shape index (κ2) is 8.86. The van der Waals surface area contributed by atoms with Crippen molar-refractivity contribution >= 4 is 28.0 Å². The first kappa shape index (κ1) is 23.1. The molecule has 0 bridgehead atoms. The summed E-state index contributed by atoms with van der Waals surface area (Å²) < 4.78 is 43.2. The van der Waals surface area contributed by atoms with Gasteiger partial charge in [0, 0.05) is 27.7 Å². The van der Waals surface area contributed by atoms with E-state index in [9.17, 15) is 18.0 Å². The van der Waals surface area contributed by atoms with Gasteiger partial charge < -0.3 is 4.57 Å². The van der Waals surface area contributed by atoms with Crippen molar-refractivity contribution in [3.63, 3.8) is 0 Å². The van der Waals surface area contributed by atoms with Crippen LogP contribution in [0.3, 0.4) is 0 Å². The van der Waals surface area contributed by atoms with Crippen molar-refractivity contribution in [2.24, 2.45) is 5.10 Å². The Hall–Kier alpha value is -4.64. The second-order valence-corrected chi connectivity index (χ2v) is 8.20. The third kappa shape index (κ3) is 3.95. The number of para-hydroxylation sites is 2. The molecule has 2 heterocycles. The molecule has 0 saturated heterocycles. The van der Waals surface area contributed by atoms with Crippen LogP contribution in [0, 0.1) is 19.3 Å². The Labute approximate surface area is 204 Å². The van der Waals surface area contributed by atoms with E-state index in [0.29, 0.717) is 17.4 Å². The molecule has 178 valence electrons. The summed E-state index contributed by atoms with van der Waals surface area (Å²) in [6.45, 7) is 2.25. The van der Waals surface area contributed by atoms with Gasteiger partial charge in [0.1, 0.15) is 0 Å². The Balaban J connectivity index is 1.75. The van der Waals surface area contributed by atoms with Crippen LogP contribution in [-0.4, -0.2) is 20.4 Å². The van der Waals surface area contributed by atoms with Crippen LogP contribution in [0.15, 0.2) is 82.7 Å². The predicted octanol–water partition coefficient (Wildman–Crippen LogP) is 5.86. The summed E-state index contributed by atoms with van der Waals surface area (Å²) in [4.78, 5) is 17.9. The molecule has 0 unspecified atom stereocenters. The van der Waals surface area contributed by atoms with Crippen molar-refractivity contribution in [3.8, 4) is 23.7 Å². The minimum Gasteiger partial charge on any atom is -0.333 e. The van der Waals surface area contributed by atoms with E-state index >= 15 is 0 Å². The highest BCUT2D eigenvalue weighted by Gasteiger charge is 2.31. The van der Waals surface area contributed by atoms with Crippen molar-refractivity contribution in [1.82, 2.24) is 14.2 Å². The van der Waals surface area contributed by atoms with Crippen LogP contribution in [0.4, 0.5) is 13.2 Å². The summed E-state index contributed by atoms with van der Waals surface area (Å²) in [5.41, 5.74) is 1.66. The Morgan fingerprint density at radius 3 is 2.50 bits per heavy atom. The highest BCUT2D eigenvalue weighted by atomic mass is 19.4. The van der Waals surface area contributed by atoms with Crippen LogP contribution in [0.5, 0.6) is 0 Å². The fourth-order valence-corrected chi connectivity index (χ4v) is 4.28. The third-order valence-electron chi connectivity index (χ3n) is 6.03. The van der Waals surface area contributed by atoms with Gasteiger partial charge in [0.2, 0.25) is 0 Å². The second-order valence-electron chi connectivity index (χ2n) is 8.20. The number of nitrogens with zero attached hydrogens (tertiary/aromatic N) is 4. The number of alkyl halides is 3. The number of fused-ring (bicyclic) bond motifs is 2. The van der Waals surface area contributed by atoms with Crippen LogP contribution >= 0.6 is 0 Å². The van der Waals surface area contributed by atoms with Crippen molar-refractivity contribution in [3.05, 3.63) is 100.0 Å². The van der Waals surface area contributed by atoms with E-state index in [-0.39, 0.29) is 11.4 Å². The van der Waals surface area contributed by atoms with Crippen LogP contribution < -0.4 is 5.56 Å². The van der Waals surface area contributed by atoms with Gasteiger partial charge in [0.05, 0.1) is 29.2 Å².